The molecule has 0 bridgehead atoms. The summed E-state index contributed by atoms with van der Waals surface area (Å²) in [6.45, 7) is -0.847. The Balaban J connectivity index is 2.86. The van der Waals surface area contributed by atoms with Gasteiger partial charge in [-0.25, -0.2) is 8.78 Å². The number of benzene rings is 1. The molecule has 2 nitrogen and oxygen atoms in total. The lowest BCUT2D eigenvalue weighted by atomic mass is 10.3. The largest absolute Gasteiger partial charge is 0.477 e. The molecule has 0 heterocycles. The van der Waals surface area contributed by atoms with Crippen molar-refractivity contribution in [2.45, 2.75) is 12.3 Å². The molecule has 0 amide bonds. The summed E-state index contributed by atoms with van der Waals surface area (Å²) in [5.74, 6) is -2.79. The summed E-state index contributed by atoms with van der Waals surface area (Å²) in [6, 6.07) is 2.00. The zero-order valence-electron chi connectivity index (χ0n) is 7.89. The maximum atomic E-state index is 13.0. The molecule has 0 radical (unpaired) electrons. The minimum atomic E-state index is -4.70. The monoisotopic (exact) mass is 241 g/mol. The lowest BCUT2D eigenvalue weighted by Crippen LogP contribution is -2.40. The van der Waals surface area contributed by atoms with Crippen LogP contribution in [0.1, 0.15) is 0 Å². The van der Waals surface area contributed by atoms with Crippen molar-refractivity contribution in [3.8, 4) is 5.75 Å². The Morgan fingerprint density at radius 3 is 2.31 bits per heavy atom. The lowest BCUT2D eigenvalue weighted by molar-refractivity contribution is -0.192. The fourth-order valence-electron chi connectivity index (χ4n) is 0.973. The average molecular weight is 241 g/mol. The molecule has 90 valence electrons. The topological polar surface area (TPSA) is 35.2 Å². The fraction of sp³-hybridized carbons (Fsp3) is 0.333. The van der Waals surface area contributed by atoms with Crippen molar-refractivity contribution in [3.05, 3.63) is 29.8 Å². The molecular weight excluding hydrogens is 233 g/mol. The summed E-state index contributed by atoms with van der Waals surface area (Å²) in [4.78, 5) is 0. The third kappa shape index (κ3) is 3.06. The standard InChI is InChI=1S/C9H8F5NO/c10-5-1-2-7(6(11)3-5)16-8(4-15)9(12,13)14/h1-3,8H,4,15H2. The van der Waals surface area contributed by atoms with Crippen LogP contribution in [-0.2, 0) is 0 Å². The molecule has 16 heavy (non-hydrogen) atoms. The zero-order chi connectivity index (χ0) is 12.3. The van der Waals surface area contributed by atoms with E-state index in [1.807, 2.05) is 0 Å². The molecule has 0 aliphatic heterocycles. The van der Waals surface area contributed by atoms with Crippen LogP contribution in [-0.4, -0.2) is 18.8 Å². The summed E-state index contributed by atoms with van der Waals surface area (Å²) in [5, 5.41) is 0. The Hall–Kier alpha value is -1.37. The Morgan fingerprint density at radius 2 is 1.88 bits per heavy atom. The molecule has 0 saturated carbocycles. The molecular formula is C9H8F5NO. The smallest absolute Gasteiger partial charge is 0.426 e. The van der Waals surface area contributed by atoms with Gasteiger partial charge in [-0.05, 0) is 12.1 Å². The van der Waals surface area contributed by atoms with Crippen molar-refractivity contribution < 1.29 is 26.7 Å². The Morgan fingerprint density at radius 1 is 1.25 bits per heavy atom. The molecule has 0 aromatic heterocycles. The highest BCUT2D eigenvalue weighted by Gasteiger charge is 2.41. The first-order chi connectivity index (χ1) is 7.34. The van der Waals surface area contributed by atoms with Gasteiger partial charge >= 0.3 is 6.18 Å². The summed E-state index contributed by atoms with van der Waals surface area (Å²) in [7, 11) is 0. The van der Waals surface area contributed by atoms with Crippen molar-refractivity contribution in [1.82, 2.24) is 0 Å². The van der Waals surface area contributed by atoms with E-state index >= 15 is 0 Å². The number of hydrogen-bond acceptors (Lipinski definition) is 2. The fourth-order valence-corrected chi connectivity index (χ4v) is 0.973. The normalized spacial score (nSPS) is 13.6. The predicted molar refractivity (Wildman–Crippen MR) is 45.9 cm³/mol. The highest BCUT2D eigenvalue weighted by Crippen LogP contribution is 2.26. The summed E-state index contributed by atoms with van der Waals surface area (Å²) in [6.07, 6.45) is -7.01. The van der Waals surface area contributed by atoms with Gasteiger partial charge in [-0.15, -0.1) is 0 Å². The number of nitrogens with two attached hydrogens (primary N) is 1. The van der Waals surface area contributed by atoms with Gasteiger partial charge in [0.2, 0.25) is 6.10 Å². The average Bonchev–Trinajstić information content (AvgIpc) is 2.14. The van der Waals surface area contributed by atoms with E-state index in [0.717, 1.165) is 12.1 Å². The van der Waals surface area contributed by atoms with E-state index in [-0.39, 0.29) is 0 Å². The van der Waals surface area contributed by atoms with Crippen LogP contribution >= 0.6 is 0 Å². The van der Waals surface area contributed by atoms with Crippen LogP contribution in [0.3, 0.4) is 0 Å². The molecule has 1 rings (SSSR count). The van der Waals surface area contributed by atoms with Crippen LogP contribution in [0.15, 0.2) is 18.2 Å². The zero-order valence-corrected chi connectivity index (χ0v) is 7.89. The second-order valence-electron chi connectivity index (χ2n) is 2.96. The van der Waals surface area contributed by atoms with Crippen molar-refractivity contribution in [2.24, 2.45) is 5.73 Å². The van der Waals surface area contributed by atoms with E-state index in [4.69, 9.17) is 5.73 Å². The maximum absolute atomic E-state index is 13.0. The van der Waals surface area contributed by atoms with Crippen LogP contribution in [0.25, 0.3) is 0 Å². The molecule has 1 aromatic rings. The first-order valence-corrected chi connectivity index (χ1v) is 4.23. The highest BCUT2D eigenvalue weighted by atomic mass is 19.4. The van der Waals surface area contributed by atoms with Gasteiger partial charge in [0.15, 0.2) is 11.6 Å². The van der Waals surface area contributed by atoms with Crippen LogP contribution in [0, 0.1) is 11.6 Å². The van der Waals surface area contributed by atoms with Gasteiger partial charge in [-0.1, -0.05) is 0 Å². The van der Waals surface area contributed by atoms with Crippen LogP contribution in [0.2, 0.25) is 0 Å². The SMILES string of the molecule is NCC(Oc1ccc(F)cc1F)C(F)(F)F. The van der Waals surface area contributed by atoms with Crippen molar-refractivity contribution in [3.63, 3.8) is 0 Å². The molecule has 1 unspecified atom stereocenters. The Kier molecular flexibility index (Phi) is 3.69. The molecule has 0 fully saturated rings. The van der Waals surface area contributed by atoms with Gasteiger partial charge < -0.3 is 10.5 Å². The predicted octanol–water partition coefficient (Wildman–Crippen LogP) is 2.23. The lowest BCUT2D eigenvalue weighted by Gasteiger charge is -2.20. The third-order valence-corrected chi connectivity index (χ3v) is 1.74. The van der Waals surface area contributed by atoms with Gasteiger partial charge in [0, 0.05) is 12.6 Å². The van der Waals surface area contributed by atoms with E-state index in [1.54, 1.807) is 0 Å². The van der Waals surface area contributed by atoms with Crippen molar-refractivity contribution in [1.29, 1.82) is 0 Å². The maximum Gasteiger partial charge on any atom is 0.426 e. The van der Waals surface area contributed by atoms with Crippen LogP contribution in [0.4, 0.5) is 22.0 Å². The summed E-state index contributed by atoms with van der Waals surface area (Å²) >= 11 is 0. The first kappa shape index (κ1) is 12.7. The minimum Gasteiger partial charge on any atom is -0.477 e. The summed E-state index contributed by atoms with van der Waals surface area (Å²) in [5.41, 5.74) is 4.85. The number of ether oxygens (including phenoxy) is 1. The van der Waals surface area contributed by atoms with Gasteiger partial charge in [0.25, 0.3) is 0 Å². The number of halogens is 5. The van der Waals surface area contributed by atoms with Gasteiger partial charge in [-0.3, -0.25) is 0 Å². The van der Waals surface area contributed by atoms with Gasteiger partial charge in [0.1, 0.15) is 5.82 Å². The van der Waals surface area contributed by atoms with E-state index in [1.165, 1.54) is 0 Å². The highest BCUT2D eigenvalue weighted by molar-refractivity contribution is 5.25. The first-order valence-electron chi connectivity index (χ1n) is 4.23. The molecule has 0 aliphatic rings. The Labute approximate surface area is 87.8 Å². The quantitative estimate of drug-likeness (QED) is 0.823. The van der Waals surface area contributed by atoms with E-state index in [2.05, 4.69) is 4.74 Å². The molecule has 1 aromatic carbocycles. The molecule has 0 spiro atoms. The second kappa shape index (κ2) is 4.65. The molecule has 7 heteroatoms. The van der Waals surface area contributed by atoms with Crippen molar-refractivity contribution >= 4 is 0 Å². The van der Waals surface area contributed by atoms with E-state index < -0.39 is 36.2 Å². The molecule has 1 atom stereocenters. The summed E-state index contributed by atoms with van der Waals surface area (Å²) < 4.78 is 66.4. The van der Waals surface area contributed by atoms with Gasteiger partial charge in [-0.2, -0.15) is 13.2 Å². The van der Waals surface area contributed by atoms with Crippen LogP contribution in [0.5, 0.6) is 5.75 Å². The van der Waals surface area contributed by atoms with E-state index in [0.29, 0.717) is 6.07 Å². The number of rotatable bonds is 3. The Bertz CT molecular complexity index is 365. The molecule has 2 N–H and O–H groups in total. The van der Waals surface area contributed by atoms with E-state index in [9.17, 15) is 22.0 Å². The second-order valence-corrected chi connectivity index (χ2v) is 2.96. The van der Waals surface area contributed by atoms with Gasteiger partial charge in [0.05, 0.1) is 0 Å². The third-order valence-electron chi connectivity index (χ3n) is 1.74. The number of hydrogen-bond donors (Lipinski definition) is 1. The minimum absolute atomic E-state index is 0.430. The molecule has 0 aliphatic carbocycles. The van der Waals surface area contributed by atoms with Crippen LogP contribution < -0.4 is 10.5 Å². The van der Waals surface area contributed by atoms with Crippen molar-refractivity contribution in [2.75, 3.05) is 6.54 Å². The number of alkyl halides is 3. The molecule has 0 saturated heterocycles.